The van der Waals surface area contributed by atoms with Gasteiger partial charge in [0, 0.05) is 9.85 Å². The quantitative estimate of drug-likeness (QED) is 0.526. The van der Waals surface area contributed by atoms with Crippen LogP contribution in [0, 0.1) is 10.1 Å². The van der Waals surface area contributed by atoms with E-state index in [1.807, 2.05) is 11.4 Å². The minimum Gasteiger partial charge on any atom is -0.358 e. The highest BCUT2D eigenvalue weighted by Gasteiger charge is 2.18. The van der Waals surface area contributed by atoms with E-state index in [9.17, 15) is 10.1 Å². The third-order valence-corrected chi connectivity index (χ3v) is 4.11. The van der Waals surface area contributed by atoms with Gasteiger partial charge in [0.25, 0.3) is 5.89 Å². The molecular formula is C10H6BrN5O3S. The van der Waals surface area contributed by atoms with Gasteiger partial charge in [0.05, 0.1) is 17.1 Å². The maximum Gasteiger partial charge on any atom is 0.345 e. The van der Waals surface area contributed by atoms with Crippen LogP contribution < -0.4 is 0 Å². The van der Waals surface area contributed by atoms with Crippen LogP contribution in [0.5, 0.6) is 0 Å². The van der Waals surface area contributed by atoms with E-state index in [0.29, 0.717) is 5.82 Å². The molecule has 0 saturated carbocycles. The first-order valence-corrected chi connectivity index (χ1v) is 7.04. The molecule has 10 heteroatoms. The number of hydrogen-bond acceptors (Lipinski definition) is 7. The van der Waals surface area contributed by atoms with E-state index in [-0.39, 0.29) is 18.3 Å². The molecule has 20 heavy (non-hydrogen) atoms. The Morgan fingerprint density at radius 2 is 2.40 bits per heavy atom. The summed E-state index contributed by atoms with van der Waals surface area (Å²) in [5.41, 5.74) is 0. The van der Waals surface area contributed by atoms with Crippen molar-refractivity contribution >= 4 is 33.1 Å². The van der Waals surface area contributed by atoms with Gasteiger partial charge in [-0.3, -0.25) is 0 Å². The second kappa shape index (κ2) is 5.13. The number of nitro groups is 1. The lowest BCUT2D eigenvalue weighted by molar-refractivity contribution is -0.392. The molecule has 0 spiro atoms. The second-order valence-electron chi connectivity index (χ2n) is 3.75. The SMILES string of the molecule is O=[N+]([O-])c1ccnn1Cc1nc(-c2cc(Br)cs2)no1. The summed E-state index contributed by atoms with van der Waals surface area (Å²) < 4.78 is 7.22. The van der Waals surface area contributed by atoms with Crippen LogP contribution in [0.25, 0.3) is 10.7 Å². The van der Waals surface area contributed by atoms with Gasteiger partial charge in [-0.1, -0.05) is 10.3 Å². The molecule has 0 amide bonds. The Kier molecular flexibility index (Phi) is 3.32. The van der Waals surface area contributed by atoms with Gasteiger partial charge >= 0.3 is 5.82 Å². The number of halogens is 1. The van der Waals surface area contributed by atoms with Crippen LogP contribution in [0.4, 0.5) is 5.82 Å². The van der Waals surface area contributed by atoms with E-state index in [4.69, 9.17) is 4.52 Å². The van der Waals surface area contributed by atoms with E-state index >= 15 is 0 Å². The van der Waals surface area contributed by atoms with Crippen molar-refractivity contribution in [3.8, 4) is 10.7 Å². The summed E-state index contributed by atoms with van der Waals surface area (Å²) in [7, 11) is 0. The highest BCUT2D eigenvalue weighted by Crippen LogP contribution is 2.27. The summed E-state index contributed by atoms with van der Waals surface area (Å²) in [5.74, 6) is 0.588. The van der Waals surface area contributed by atoms with E-state index in [1.165, 1.54) is 28.3 Å². The fourth-order valence-corrected chi connectivity index (χ4v) is 2.93. The monoisotopic (exact) mass is 355 g/mol. The number of aromatic nitrogens is 4. The van der Waals surface area contributed by atoms with Crippen LogP contribution in [0.3, 0.4) is 0 Å². The molecule has 0 aromatic carbocycles. The maximum atomic E-state index is 10.8. The van der Waals surface area contributed by atoms with Crippen molar-refractivity contribution in [2.75, 3.05) is 0 Å². The fourth-order valence-electron chi connectivity index (χ4n) is 1.58. The van der Waals surface area contributed by atoms with Gasteiger partial charge in [0.1, 0.15) is 0 Å². The van der Waals surface area contributed by atoms with Gasteiger partial charge in [-0.25, -0.2) is 0 Å². The molecule has 3 aromatic rings. The Hall–Kier alpha value is -2.07. The molecule has 0 radical (unpaired) electrons. The minimum atomic E-state index is -0.513. The molecule has 0 aliphatic heterocycles. The van der Waals surface area contributed by atoms with Crippen LogP contribution >= 0.6 is 27.3 Å². The predicted molar refractivity (Wildman–Crippen MR) is 73.3 cm³/mol. The summed E-state index contributed by atoms with van der Waals surface area (Å²) in [4.78, 5) is 15.3. The summed E-state index contributed by atoms with van der Waals surface area (Å²) in [6.07, 6.45) is 1.35. The lowest BCUT2D eigenvalue weighted by Gasteiger charge is -1.94. The van der Waals surface area contributed by atoms with Gasteiger partial charge in [0.15, 0.2) is 6.54 Å². The molecule has 8 nitrogen and oxygen atoms in total. The summed E-state index contributed by atoms with van der Waals surface area (Å²) in [5, 5.41) is 20.4. The van der Waals surface area contributed by atoms with Gasteiger partial charge in [-0.15, -0.1) is 16.0 Å². The average Bonchev–Trinajstić information content (AvgIpc) is 3.09. The Bertz CT molecular complexity index is 764. The van der Waals surface area contributed by atoms with Gasteiger partial charge < -0.3 is 14.6 Å². The zero-order valence-corrected chi connectivity index (χ0v) is 12.2. The smallest absolute Gasteiger partial charge is 0.345 e. The van der Waals surface area contributed by atoms with Crippen LogP contribution in [-0.4, -0.2) is 24.8 Å². The summed E-state index contributed by atoms with van der Waals surface area (Å²) in [6.45, 7) is 0.0584. The Morgan fingerprint density at radius 3 is 3.10 bits per heavy atom. The molecule has 3 rings (SSSR count). The molecular weight excluding hydrogens is 350 g/mol. The summed E-state index contributed by atoms with van der Waals surface area (Å²) in [6, 6.07) is 3.18. The predicted octanol–water partition coefficient (Wildman–Crippen LogP) is 2.71. The molecule has 102 valence electrons. The lowest BCUT2D eigenvalue weighted by atomic mass is 10.4. The topological polar surface area (TPSA) is 99.9 Å². The first kappa shape index (κ1) is 12.9. The van der Waals surface area contributed by atoms with E-state index in [0.717, 1.165) is 9.35 Å². The van der Waals surface area contributed by atoms with Crippen LogP contribution in [-0.2, 0) is 6.54 Å². The molecule has 0 atom stereocenters. The van der Waals surface area contributed by atoms with Crippen LogP contribution in [0.15, 0.2) is 32.7 Å². The molecule has 0 N–H and O–H groups in total. The Morgan fingerprint density at radius 1 is 1.55 bits per heavy atom. The largest absolute Gasteiger partial charge is 0.358 e. The third-order valence-electron chi connectivity index (χ3n) is 2.42. The van der Waals surface area contributed by atoms with E-state index < -0.39 is 4.92 Å². The van der Waals surface area contributed by atoms with Crippen molar-refractivity contribution in [3.05, 3.63) is 44.2 Å². The first-order chi connectivity index (χ1) is 9.63. The number of rotatable bonds is 4. The van der Waals surface area contributed by atoms with Crippen molar-refractivity contribution < 1.29 is 9.45 Å². The number of nitrogens with zero attached hydrogens (tertiary/aromatic N) is 5. The standard InChI is InChI=1S/C10H6BrN5O3S/c11-6-3-7(20-5-6)10-13-8(19-14-10)4-15-9(16(17)18)1-2-12-15/h1-3,5H,4H2. The van der Waals surface area contributed by atoms with Crippen molar-refractivity contribution in [3.63, 3.8) is 0 Å². The third kappa shape index (κ3) is 2.47. The maximum absolute atomic E-state index is 10.8. The fraction of sp³-hybridized carbons (Fsp3) is 0.100. The number of thiophene rings is 1. The molecule has 0 fully saturated rings. The number of hydrogen-bond donors (Lipinski definition) is 0. The van der Waals surface area contributed by atoms with Crippen molar-refractivity contribution in [2.45, 2.75) is 6.54 Å². The van der Waals surface area contributed by atoms with Gasteiger partial charge in [0.2, 0.25) is 5.82 Å². The van der Waals surface area contributed by atoms with Gasteiger partial charge in [-0.05, 0) is 26.9 Å². The van der Waals surface area contributed by atoms with E-state index in [1.54, 1.807) is 0 Å². The van der Waals surface area contributed by atoms with Crippen LogP contribution in [0.1, 0.15) is 5.89 Å². The summed E-state index contributed by atoms with van der Waals surface area (Å²) >= 11 is 4.81. The minimum absolute atomic E-state index is 0.0584. The normalized spacial score (nSPS) is 10.8. The molecule has 0 aliphatic rings. The molecule has 0 aliphatic carbocycles. The highest BCUT2D eigenvalue weighted by molar-refractivity contribution is 9.10. The van der Waals surface area contributed by atoms with Crippen molar-refractivity contribution in [1.82, 2.24) is 19.9 Å². The Labute approximate surface area is 124 Å². The average molecular weight is 356 g/mol. The van der Waals surface area contributed by atoms with Crippen LogP contribution in [0.2, 0.25) is 0 Å². The zero-order valence-electron chi connectivity index (χ0n) is 9.76. The van der Waals surface area contributed by atoms with Crippen molar-refractivity contribution in [2.24, 2.45) is 0 Å². The van der Waals surface area contributed by atoms with Crippen molar-refractivity contribution in [1.29, 1.82) is 0 Å². The highest BCUT2D eigenvalue weighted by atomic mass is 79.9. The Balaban J connectivity index is 1.84. The molecule has 0 unspecified atom stereocenters. The molecule has 3 aromatic heterocycles. The zero-order chi connectivity index (χ0) is 14.1. The second-order valence-corrected chi connectivity index (χ2v) is 5.57. The molecule has 0 bridgehead atoms. The molecule has 0 saturated heterocycles. The first-order valence-electron chi connectivity index (χ1n) is 5.36. The van der Waals surface area contributed by atoms with Gasteiger partial charge in [-0.2, -0.15) is 4.98 Å². The lowest BCUT2D eigenvalue weighted by Crippen LogP contribution is -2.06. The van der Waals surface area contributed by atoms with E-state index in [2.05, 4.69) is 31.2 Å². The molecule has 3 heterocycles.